The number of ether oxygens (including phenoxy) is 1. The minimum Gasteiger partial charge on any atom is -0.456 e. The average molecular weight is 298 g/mol. The highest BCUT2D eigenvalue weighted by molar-refractivity contribution is 6.09. The minimum absolute atomic E-state index is 0.191. The molecule has 0 aromatic heterocycles. The summed E-state index contributed by atoms with van der Waals surface area (Å²) in [5.41, 5.74) is -0.314. The zero-order valence-electron chi connectivity index (χ0n) is 12.8. The van der Waals surface area contributed by atoms with E-state index in [-0.39, 0.29) is 17.9 Å². The van der Waals surface area contributed by atoms with Crippen molar-refractivity contribution in [2.45, 2.75) is 57.5 Å². The molecule has 116 valence electrons. The van der Waals surface area contributed by atoms with Crippen LogP contribution in [0.4, 0.5) is 0 Å². The van der Waals surface area contributed by atoms with Crippen LogP contribution in [0.2, 0.25) is 0 Å². The second-order valence-corrected chi connectivity index (χ2v) is 7.18. The Labute approximate surface area is 131 Å². The van der Waals surface area contributed by atoms with E-state index in [1.54, 1.807) is 0 Å². The fourth-order valence-electron chi connectivity index (χ4n) is 4.67. The first-order chi connectivity index (χ1) is 10.7. The van der Waals surface area contributed by atoms with Gasteiger partial charge in [0.1, 0.15) is 11.5 Å². The van der Waals surface area contributed by atoms with E-state index in [0.29, 0.717) is 12.8 Å². The van der Waals surface area contributed by atoms with Crippen molar-refractivity contribution in [1.29, 1.82) is 0 Å². The van der Waals surface area contributed by atoms with Crippen LogP contribution in [-0.4, -0.2) is 11.8 Å². The Bertz CT molecular complexity index is 594. The van der Waals surface area contributed by atoms with Crippen molar-refractivity contribution in [2.75, 3.05) is 0 Å². The zero-order valence-corrected chi connectivity index (χ0v) is 12.8. The van der Waals surface area contributed by atoms with Crippen LogP contribution >= 0.6 is 0 Å². The normalized spacial score (nSPS) is 29.2. The average Bonchev–Trinajstić information content (AvgIpc) is 2.53. The molecule has 22 heavy (non-hydrogen) atoms. The Kier molecular flexibility index (Phi) is 3.14. The molecule has 1 unspecified atom stereocenters. The number of cyclic esters (lactones) is 1. The number of carbonyl (C=O) groups is 2. The van der Waals surface area contributed by atoms with Crippen molar-refractivity contribution in [3.8, 4) is 0 Å². The van der Waals surface area contributed by atoms with Gasteiger partial charge in [-0.05, 0) is 31.2 Å². The van der Waals surface area contributed by atoms with Gasteiger partial charge in [0.2, 0.25) is 0 Å². The fourth-order valence-corrected chi connectivity index (χ4v) is 4.67. The van der Waals surface area contributed by atoms with Crippen molar-refractivity contribution in [3.05, 3.63) is 35.9 Å². The van der Waals surface area contributed by atoms with Crippen LogP contribution in [0.25, 0.3) is 0 Å². The summed E-state index contributed by atoms with van der Waals surface area (Å²) in [6.07, 6.45) is 6.83. The maximum absolute atomic E-state index is 13.4. The predicted molar refractivity (Wildman–Crippen MR) is 82.1 cm³/mol. The van der Waals surface area contributed by atoms with Crippen LogP contribution in [0.1, 0.15) is 63.0 Å². The van der Waals surface area contributed by atoms with E-state index in [2.05, 4.69) is 0 Å². The first-order valence-corrected chi connectivity index (χ1v) is 8.50. The molecule has 0 N–H and O–H groups in total. The fraction of sp³-hybridized carbons (Fsp3) is 0.579. The lowest BCUT2D eigenvalue weighted by molar-refractivity contribution is -0.203. The molecule has 1 aromatic carbocycles. The molecule has 3 nitrogen and oxygen atoms in total. The van der Waals surface area contributed by atoms with Gasteiger partial charge in [-0.1, -0.05) is 56.0 Å². The van der Waals surface area contributed by atoms with Crippen LogP contribution in [0.5, 0.6) is 0 Å². The van der Waals surface area contributed by atoms with E-state index in [1.807, 2.05) is 30.3 Å². The summed E-state index contributed by atoms with van der Waals surface area (Å²) in [4.78, 5) is 26.1. The molecule has 3 aliphatic rings. The summed E-state index contributed by atoms with van der Waals surface area (Å²) in [6.45, 7) is 0. The van der Waals surface area contributed by atoms with Crippen LogP contribution in [0.15, 0.2) is 30.3 Å². The van der Waals surface area contributed by atoms with Gasteiger partial charge in [-0.3, -0.25) is 9.59 Å². The van der Waals surface area contributed by atoms with Gasteiger partial charge in [-0.2, -0.15) is 0 Å². The number of carbonyl (C=O) groups excluding carboxylic acids is 2. The van der Waals surface area contributed by atoms with Crippen LogP contribution < -0.4 is 0 Å². The number of esters is 1. The van der Waals surface area contributed by atoms with Gasteiger partial charge in [-0.15, -0.1) is 0 Å². The number of benzene rings is 1. The van der Waals surface area contributed by atoms with Crippen LogP contribution in [0.3, 0.4) is 0 Å². The van der Waals surface area contributed by atoms with E-state index < -0.39 is 10.8 Å². The van der Waals surface area contributed by atoms with E-state index in [4.69, 9.17) is 4.74 Å². The Morgan fingerprint density at radius 3 is 2.14 bits per heavy atom. The topological polar surface area (TPSA) is 43.4 Å². The molecule has 0 bridgehead atoms. The van der Waals surface area contributed by atoms with Crippen LogP contribution in [0, 0.1) is 10.8 Å². The quantitative estimate of drug-likeness (QED) is 0.582. The predicted octanol–water partition coefficient (Wildman–Crippen LogP) is 3.97. The smallest absolute Gasteiger partial charge is 0.320 e. The summed E-state index contributed by atoms with van der Waals surface area (Å²) in [7, 11) is 0. The second kappa shape index (κ2) is 4.94. The number of ketones is 1. The van der Waals surface area contributed by atoms with Gasteiger partial charge in [0.25, 0.3) is 0 Å². The second-order valence-electron chi connectivity index (χ2n) is 7.18. The standard InChI is InChI=1S/C19H22O3/c20-16-18(12-7-13-18)15(14-8-3-1-4-9-14)22-17(21)19(16)10-5-2-6-11-19/h1,3-4,8-9,15H,2,5-7,10-13H2. The molecule has 2 aliphatic carbocycles. The molecule has 1 aromatic rings. The first-order valence-electron chi connectivity index (χ1n) is 8.50. The molecule has 1 heterocycles. The first kappa shape index (κ1) is 14.0. The number of hydrogen-bond donors (Lipinski definition) is 0. The van der Waals surface area contributed by atoms with E-state index in [9.17, 15) is 9.59 Å². The third-order valence-corrected chi connectivity index (χ3v) is 6.06. The highest BCUT2D eigenvalue weighted by Crippen LogP contribution is 2.61. The van der Waals surface area contributed by atoms with Crippen molar-refractivity contribution in [1.82, 2.24) is 0 Å². The Hall–Kier alpha value is -1.64. The van der Waals surface area contributed by atoms with Gasteiger partial charge < -0.3 is 4.74 Å². The van der Waals surface area contributed by atoms with Crippen LogP contribution in [-0.2, 0) is 14.3 Å². The lowest BCUT2D eigenvalue weighted by Crippen LogP contribution is -2.60. The van der Waals surface area contributed by atoms with Gasteiger partial charge in [-0.25, -0.2) is 0 Å². The molecule has 1 atom stereocenters. The molecule has 4 rings (SSSR count). The third kappa shape index (κ3) is 1.74. The Morgan fingerprint density at radius 2 is 1.55 bits per heavy atom. The molecule has 0 radical (unpaired) electrons. The van der Waals surface area contributed by atoms with Crippen molar-refractivity contribution < 1.29 is 14.3 Å². The summed E-state index contributed by atoms with van der Waals surface area (Å²) in [6, 6.07) is 9.80. The molecule has 1 aliphatic heterocycles. The van der Waals surface area contributed by atoms with Gasteiger partial charge in [0, 0.05) is 0 Å². The number of Topliss-reactive ketones (excluding diaryl/α,β-unsaturated/α-hetero) is 1. The summed E-state index contributed by atoms with van der Waals surface area (Å²) in [5, 5.41) is 0. The van der Waals surface area contributed by atoms with Gasteiger partial charge in [0.15, 0.2) is 5.78 Å². The maximum atomic E-state index is 13.4. The van der Waals surface area contributed by atoms with E-state index >= 15 is 0 Å². The summed E-state index contributed by atoms with van der Waals surface area (Å²) in [5.74, 6) is -0.0698. The molecule has 1 saturated heterocycles. The molecule has 2 spiro atoms. The largest absolute Gasteiger partial charge is 0.456 e. The minimum atomic E-state index is -0.829. The van der Waals surface area contributed by atoms with Crippen molar-refractivity contribution in [3.63, 3.8) is 0 Å². The molecule has 3 heteroatoms. The number of hydrogen-bond acceptors (Lipinski definition) is 3. The van der Waals surface area contributed by atoms with E-state index in [1.165, 1.54) is 0 Å². The molecular weight excluding hydrogens is 276 g/mol. The zero-order chi connectivity index (χ0) is 15.2. The highest BCUT2D eigenvalue weighted by atomic mass is 16.5. The molecular formula is C19H22O3. The highest BCUT2D eigenvalue weighted by Gasteiger charge is 2.65. The molecule has 2 saturated carbocycles. The molecule has 0 amide bonds. The Morgan fingerprint density at radius 1 is 0.864 bits per heavy atom. The number of rotatable bonds is 1. The van der Waals surface area contributed by atoms with Gasteiger partial charge in [0.05, 0.1) is 5.41 Å². The lowest BCUT2D eigenvalue weighted by Gasteiger charge is -2.54. The molecule has 3 fully saturated rings. The monoisotopic (exact) mass is 298 g/mol. The third-order valence-electron chi connectivity index (χ3n) is 6.06. The summed E-state index contributed by atoms with van der Waals surface area (Å²) < 4.78 is 5.93. The maximum Gasteiger partial charge on any atom is 0.320 e. The lowest BCUT2D eigenvalue weighted by atomic mass is 9.52. The van der Waals surface area contributed by atoms with Crippen molar-refractivity contribution in [2.24, 2.45) is 10.8 Å². The van der Waals surface area contributed by atoms with Gasteiger partial charge >= 0.3 is 5.97 Å². The van der Waals surface area contributed by atoms with Crippen molar-refractivity contribution >= 4 is 11.8 Å². The Balaban J connectivity index is 1.76. The van der Waals surface area contributed by atoms with E-state index in [0.717, 1.165) is 44.1 Å². The summed E-state index contributed by atoms with van der Waals surface area (Å²) >= 11 is 0. The SMILES string of the molecule is O=C1OC(c2ccccc2)C2(CCC2)C(=O)C12CCCCC2.